The SMILES string of the molecule is NC(CC1CNCCO1)c1ccc2c(c1)OCO2. The number of fused-ring (bicyclic) bond motifs is 1. The Morgan fingerprint density at radius 1 is 1.33 bits per heavy atom. The van der Waals surface area contributed by atoms with E-state index in [0.717, 1.165) is 43.2 Å². The molecule has 18 heavy (non-hydrogen) atoms. The summed E-state index contributed by atoms with van der Waals surface area (Å²) in [4.78, 5) is 0. The van der Waals surface area contributed by atoms with E-state index in [-0.39, 0.29) is 12.1 Å². The monoisotopic (exact) mass is 250 g/mol. The van der Waals surface area contributed by atoms with Crippen molar-refractivity contribution in [2.45, 2.75) is 18.6 Å². The summed E-state index contributed by atoms with van der Waals surface area (Å²) in [5.41, 5.74) is 7.28. The molecule has 2 unspecified atom stereocenters. The maximum Gasteiger partial charge on any atom is 0.231 e. The molecule has 0 bridgehead atoms. The number of ether oxygens (including phenoxy) is 3. The molecule has 1 fully saturated rings. The Balaban J connectivity index is 1.66. The molecule has 2 aliphatic rings. The van der Waals surface area contributed by atoms with E-state index < -0.39 is 0 Å². The lowest BCUT2D eigenvalue weighted by atomic mass is 10.0. The zero-order valence-electron chi connectivity index (χ0n) is 10.2. The number of nitrogens with two attached hydrogens (primary N) is 1. The van der Waals surface area contributed by atoms with Crippen LogP contribution < -0.4 is 20.5 Å². The average molecular weight is 250 g/mol. The van der Waals surface area contributed by atoms with Gasteiger partial charge in [-0.1, -0.05) is 6.07 Å². The van der Waals surface area contributed by atoms with Gasteiger partial charge in [0.15, 0.2) is 11.5 Å². The van der Waals surface area contributed by atoms with Crippen molar-refractivity contribution in [2.24, 2.45) is 5.73 Å². The minimum absolute atomic E-state index is 0.0376. The Bertz CT molecular complexity index is 419. The fourth-order valence-corrected chi connectivity index (χ4v) is 2.33. The van der Waals surface area contributed by atoms with Crippen LogP contribution in [0.4, 0.5) is 0 Å². The fraction of sp³-hybridized carbons (Fsp3) is 0.538. The zero-order valence-corrected chi connectivity index (χ0v) is 10.2. The van der Waals surface area contributed by atoms with E-state index in [9.17, 15) is 0 Å². The molecular weight excluding hydrogens is 232 g/mol. The van der Waals surface area contributed by atoms with Crippen LogP contribution in [-0.4, -0.2) is 32.6 Å². The van der Waals surface area contributed by atoms with Crippen molar-refractivity contribution in [2.75, 3.05) is 26.5 Å². The van der Waals surface area contributed by atoms with Crippen LogP contribution >= 0.6 is 0 Å². The van der Waals surface area contributed by atoms with Gasteiger partial charge in [-0.2, -0.15) is 0 Å². The minimum atomic E-state index is -0.0376. The molecule has 0 saturated carbocycles. The first kappa shape index (κ1) is 11.8. The molecule has 1 aromatic carbocycles. The van der Waals surface area contributed by atoms with E-state index in [1.165, 1.54) is 0 Å². The van der Waals surface area contributed by atoms with Gasteiger partial charge < -0.3 is 25.3 Å². The maximum atomic E-state index is 6.22. The van der Waals surface area contributed by atoms with Gasteiger partial charge in [0.2, 0.25) is 6.79 Å². The van der Waals surface area contributed by atoms with Crippen LogP contribution in [0.15, 0.2) is 18.2 Å². The Labute approximate surface area is 106 Å². The lowest BCUT2D eigenvalue weighted by Crippen LogP contribution is -2.40. The molecule has 2 aliphatic heterocycles. The topological polar surface area (TPSA) is 65.7 Å². The van der Waals surface area contributed by atoms with Crippen molar-refractivity contribution >= 4 is 0 Å². The summed E-state index contributed by atoms with van der Waals surface area (Å²) in [6.07, 6.45) is 1.01. The number of hydrogen-bond acceptors (Lipinski definition) is 5. The Morgan fingerprint density at radius 2 is 2.22 bits per heavy atom. The first-order valence-electron chi connectivity index (χ1n) is 6.30. The predicted molar refractivity (Wildman–Crippen MR) is 66.7 cm³/mol. The third kappa shape index (κ3) is 2.43. The van der Waals surface area contributed by atoms with Gasteiger partial charge in [0.05, 0.1) is 12.7 Å². The number of rotatable bonds is 3. The molecule has 0 aliphatic carbocycles. The molecular formula is C13H18N2O3. The second-order valence-electron chi connectivity index (χ2n) is 4.65. The third-order valence-corrected chi connectivity index (χ3v) is 3.35. The molecule has 0 aromatic heterocycles. The van der Waals surface area contributed by atoms with Crippen LogP contribution in [0.25, 0.3) is 0 Å². The summed E-state index contributed by atoms with van der Waals surface area (Å²) in [5, 5.41) is 3.31. The molecule has 0 spiro atoms. The summed E-state index contributed by atoms with van der Waals surface area (Å²) in [6.45, 7) is 2.86. The van der Waals surface area contributed by atoms with Gasteiger partial charge in [0.25, 0.3) is 0 Å². The minimum Gasteiger partial charge on any atom is -0.454 e. The van der Waals surface area contributed by atoms with Crippen LogP contribution in [0.2, 0.25) is 0 Å². The summed E-state index contributed by atoms with van der Waals surface area (Å²) in [6, 6.07) is 5.83. The standard InChI is InChI=1S/C13H18N2O3/c14-11(6-10-7-15-3-4-16-10)9-1-2-12-13(5-9)18-8-17-12/h1-2,5,10-11,15H,3-4,6-8,14H2. The van der Waals surface area contributed by atoms with Crippen LogP contribution in [0.3, 0.4) is 0 Å². The van der Waals surface area contributed by atoms with Crippen LogP contribution in [0, 0.1) is 0 Å². The Kier molecular flexibility index (Phi) is 3.36. The summed E-state index contributed by atoms with van der Waals surface area (Å²) < 4.78 is 16.3. The van der Waals surface area contributed by atoms with E-state index in [2.05, 4.69) is 5.32 Å². The predicted octanol–water partition coefficient (Wildman–Crippen LogP) is 0.794. The van der Waals surface area contributed by atoms with Gasteiger partial charge in [0, 0.05) is 19.1 Å². The molecule has 1 aromatic rings. The molecule has 2 heterocycles. The van der Waals surface area contributed by atoms with Gasteiger partial charge in [-0.25, -0.2) is 0 Å². The lowest BCUT2D eigenvalue weighted by molar-refractivity contribution is 0.0195. The highest BCUT2D eigenvalue weighted by Gasteiger charge is 2.20. The van der Waals surface area contributed by atoms with E-state index in [0.29, 0.717) is 6.79 Å². The Hall–Kier alpha value is -1.30. The molecule has 0 amide bonds. The molecule has 0 radical (unpaired) electrons. The van der Waals surface area contributed by atoms with E-state index in [1.807, 2.05) is 18.2 Å². The van der Waals surface area contributed by atoms with Gasteiger partial charge in [-0.05, 0) is 24.1 Å². The molecule has 5 heteroatoms. The number of hydrogen-bond donors (Lipinski definition) is 2. The highest BCUT2D eigenvalue weighted by Crippen LogP contribution is 2.34. The highest BCUT2D eigenvalue weighted by atomic mass is 16.7. The second-order valence-corrected chi connectivity index (χ2v) is 4.65. The van der Waals surface area contributed by atoms with Crippen LogP contribution in [0.5, 0.6) is 11.5 Å². The van der Waals surface area contributed by atoms with Crippen molar-refractivity contribution in [1.29, 1.82) is 0 Å². The van der Waals surface area contributed by atoms with E-state index in [4.69, 9.17) is 19.9 Å². The van der Waals surface area contributed by atoms with E-state index in [1.54, 1.807) is 0 Å². The molecule has 2 atom stereocenters. The second kappa shape index (κ2) is 5.14. The summed E-state index contributed by atoms with van der Waals surface area (Å²) in [7, 11) is 0. The zero-order chi connectivity index (χ0) is 12.4. The first-order valence-corrected chi connectivity index (χ1v) is 6.30. The molecule has 98 valence electrons. The lowest BCUT2D eigenvalue weighted by Gasteiger charge is -2.26. The molecule has 5 nitrogen and oxygen atoms in total. The fourth-order valence-electron chi connectivity index (χ4n) is 2.33. The van der Waals surface area contributed by atoms with Gasteiger partial charge in [-0.15, -0.1) is 0 Å². The van der Waals surface area contributed by atoms with Crippen LogP contribution in [0.1, 0.15) is 18.0 Å². The van der Waals surface area contributed by atoms with Crippen LogP contribution in [-0.2, 0) is 4.74 Å². The average Bonchev–Trinajstić information content (AvgIpc) is 2.87. The molecule has 3 N–H and O–H groups in total. The third-order valence-electron chi connectivity index (χ3n) is 3.35. The van der Waals surface area contributed by atoms with Gasteiger partial charge in [-0.3, -0.25) is 0 Å². The Morgan fingerprint density at radius 3 is 3.06 bits per heavy atom. The number of morpholine rings is 1. The van der Waals surface area contributed by atoms with Crippen molar-refractivity contribution in [3.63, 3.8) is 0 Å². The normalized spacial score (nSPS) is 23.9. The largest absolute Gasteiger partial charge is 0.454 e. The van der Waals surface area contributed by atoms with E-state index >= 15 is 0 Å². The quantitative estimate of drug-likeness (QED) is 0.830. The highest BCUT2D eigenvalue weighted by molar-refractivity contribution is 5.45. The maximum absolute atomic E-state index is 6.22. The van der Waals surface area contributed by atoms with Gasteiger partial charge in [0.1, 0.15) is 0 Å². The molecule has 1 saturated heterocycles. The number of benzene rings is 1. The smallest absolute Gasteiger partial charge is 0.231 e. The first-order chi connectivity index (χ1) is 8.83. The van der Waals surface area contributed by atoms with Crippen molar-refractivity contribution in [1.82, 2.24) is 5.32 Å². The molecule has 3 rings (SSSR count). The van der Waals surface area contributed by atoms with Crippen molar-refractivity contribution in [3.8, 4) is 11.5 Å². The van der Waals surface area contributed by atoms with Crippen molar-refractivity contribution in [3.05, 3.63) is 23.8 Å². The summed E-state index contributed by atoms with van der Waals surface area (Å²) >= 11 is 0. The van der Waals surface area contributed by atoms with Gasteiger partial charge >= 0.3 is 0 Å². The number of nitrogens with one attached hydrogen (secondary N) is 1. The van der Waals surface area contributed by atoms with Crippen molar-refractivity contribution < 1.29 is 14.2 Å². The summed E-state index contributed by atoms with van der Waals surface area (Å²) in [5.74, 6) is 1.58.